The zero-order chi connectivity index (χ0) is 7.98. The maximum absolute atomic E-state index is 10.3. The molecule has 0 aliphatic carbocycles. The summed E-state index contributed by atoms with van der Waals surface area (Å²) in [7, 11) is 1.63. The van der Waals surface area contributed by atoms with E-state index in [1.54, 1.807) is 7.11 Å². The van der Waals surface area contributed by atoms with Crippen molar-refractivity contribution in [3.8, 4) is 0 Å². The molecule has 4 heteroatoms. The van der Waals surface area contributed by atoms with Crippen molar-refractivity contribution in [1.29, 1.82) is 0 Å². The van der Waals surface area contributed by atoms with E-state index in [0.29, 0.717) is 5.75 Å². The summed E-state index contributed by atoms with van der Waals surface area (Å²) in [5, 5.41) is -0.337. The van der Waals surface area contributed by atoms with Crippen LogP contribution in [0.2, 0.25) is 0 Å². The predicted molar refractivity (Wildman–Crippen MR) is 43.1 cm³/mol. The van der Waals surface area contributed by atoms with Gasteiger partial charge < -0.3 is 10.5 Å². The first-order chi connectivity index (χ1) is 4.70. The molecule has 1 unspecified atom stereocenters. The van der Waals surface area contributed by atoms with Gasteiger partial charge in [-0.3, -0.25) is 4.79 Å². The van der Waals surface area contributed by atoms with Crippen LogP contribution < -0.4 is 5.73 Å². The highest BCUT2D eigenvalue weighted by Crippen LogP contribution is 2.06. The average Bonchev–Trinajstić information content (AvgIpc) is 1.90. The molecule has 0 aliphatic rings. The second kappa shape index (κ2) is 5.56. The second-order valence-electron chi connectivity index (χ2n) is 1.90. The number of thioether (sulfide) groups is 1. The van der Waals surface area contributed by atoms with Crippen molar-refractivity contribution in [1.82, 2.24) is 0 Å². The third-order valence-corrected chi connectivity index (χ3v) is 2.02. The van der Waals surface area contributed by atoms with Gasteiger partial charge >= 0.3 is 0 Å². The lowest BCUT2D eigenvalue weighted by Crippen LogP contribution is -2.15. The highest BCUT2D eigenvalue weighted by Gasteiger charge is 2.05. The van der Waals surface area contributed by atoms with Crippen LogP contribution in [0.3, 0.4) is 0 Å². The molecule has 0 aliphatic heterocycles. The summed E-state index contributed by atoms with van der Waals surface area (Å²) in [6.45, 7) is 2.01. The molecule has 1 amide bonds. The molecule has 3 nitrogen and oxygen atoms in total. The molecule has 0 fully saturated rings. The van der Waals surface area contributed by atoms with E-state index in [1.807, 2.05) is 6.92 Å². The lowest BCUT2D eigenvalue weighted by atomic mass is 10.3. The first-order valence-corrected chi connectivity index (χ1v) is 4.14. The Balaban J connectivity index is 3.34. The van der Waals surface area contributed by atoms with Crippen molar-refractivity contribution < 1.29 is 9.53 Å². The molecular formula is C6H13NO2S. The fraction of sp³-hybridized carbons (Fsp3) is 0.833. The molecular weight excluding hydrogens is 150 g/mol. The van der Waals surface area contributed by atoms with Crippen molar-refractivity contribution >= 4 is 17.0 Å². The Morgan fingerprint density at radius 1 is 1.80 bits per heavy atom. The van der Waals surface area contributed by atoms with Crippen LogP contribution in [0.1, 0.15) is 13.3 Å². The first kappa shape index (κ1) is 9.78. The van der Waals surface area contributed by atoms with Gasteiger partial charge in [0.2, 0.25) is 0 Å². The van der Waals surface area contributed by atoms with Gasteiger partial charge in [0, 0.05) is 12.9 Å². The van der Waals surface area contributed by atoms with Gasteiger partial charge in [-0.15, -0.1) is 0 Å². The lowest BCUT2D eigenvalue weighted by Gasteiger charge is -2.09. The number of ether oxygens (including phenoxy) is 1. The van der Waals surface area contributed by atoms with Gasteiger partial charge in [0.15, 0.2) is 0 Å². The van der Waals surface area contributed by atoms with Gasteiger partial charge in [-0.2, -0.15) is 0 Å². The number of rotatable bonds is 4. The molecule has 0 spiro atoms. The molecule has 0 heterocycles. The normalized spacial score (nSPS) is 13.0. The van der Waals surface area contributed by atoms with Gasteiger partial charge in [-0.05, 0) is 6.42 Å². The van der Waals surface area contributed by atoms with Gasteiger partial charge in [0.25, 0.3) is 5.24 Å². The molecule has 2 N–H and O–H groups in total. The number of methoxy groups -OCH3 is 1. The summed E-state index contributed by atoms with van der Waals surface area (Å²) < 4.78 is 5.02. The monoisotopic (exact) mass is 163 g/mol. The third kappa shape index (κ3) is 4.64. The Morgan fingerprint density at radius 2 is 2.40 bits per heavy atom. The van der Waals surface area contributed by atoms with E-state index in [0.717, 1.165) is 18.2 Å². The van der Waals surface area contributed by atoms with Crippen molar-refractivity contribution in [2.75, 3.05) is 12.9 Å². The van der Waals surface area contributed by atoms with E-state index in [1.165, 1.54) is 0 Å². The van der Waals surface area contributed by atoms with Crippen molar-refractivity contribution in [2.24, 2.45) is 5.73 Å². The van der Waals surface area contributed by atoms with Gasteiger partial charge in [0.05, 0.1) is 6.10 Å². The van der Waals surface area contributed by atoms with Gasteiger partial charge in [-0.1, -0.05) is 18.7 Å². The Morgan fingerprint density at radius 3 is 2.70 bits per heavy atom. The zero-order valence-corrected chi connectivity index (χ0v) is 7.11. The summed E-state index contributed by atoms with van der Waals surface area (Å²) in [5.74, 6) is 0.655. The molecule has 0 aromatic rings. The molecule has 60 valence electrons. The van der Waals surface area contributed by atoms with Gasteiger partial charge in [0.1, 0.15) is 0 Å². The standard InChI is InChI=1S/C6H13NO2S/c1-3-5(9-2)4-10-6(7)8/h5H,3-4H2,1-2H3,(H2,7,8). The lowest BCUT2D eigenvalue weighted by molar-refractivity contribution is 0.119. The molecule has 1 atom stereocenters. The van der Waals surface area contributed by atoms with Crippen LogP contribution in [0.25, 0.3) is 0 Å². The Kier molecular flexibility index (Phi) is 5.43. The number of hydrogen-bond donors (Lipinski definition) is 1. The van der Waals surface area contributed by atoms with Crippen molar-refractivity contribution in [2.45, 2.75) is 19.4 Å². The smallest absolute Gasteiger partial charge is 0.276 e. The molecule has 0 aromatic heterocycles. The molecule has 0 saturated heterocycles. The van der Waals surface area contributed by atoms with E-state index in [2.05, 4.69) is 0 Å². The van der Waals surface area contributed by atoms with E-state index in [-0.39, 0.29) is 11.3 Å². The van der Waals surface area contributed by atoms with Crippen LogP contribution in [0.4, 0.5) is 4.79 Å². The van der Waals surface area contributed by atoms with Crippen LogP contribution in [0.15, 0.2) is 0 Å². The van der Waals surface area contributed by atoms with Gasteiger partial charge in [-0.25, -0.2) is 0 Å². The minimum absolute atomic E-state index is 0.150. The molecule has 0 saturated carbocycles. The maximum Gasteiger partial charge on any atom is 0.276 e. The topological polar surface area (TPSA) is 52.3 Å². The van der Waals surface area contributed by atoms with Crippen molar-refractivity contribution in [3.63, 3.8) is 0 Å². The maximum atomic E-state index is 10.3. The number of nitrogens with two attached hydrogens (primary N) is 1. The number of primary amides is 1. The van der Waals surface area contributed by atoms with Crippen molar-refractivity contribution in [3.05, 3.63) is 0 Å². The van der Waals surface area contributed by atoms with Crippen LogP contribution in [-0.4, -0.2) is 24.2 Å². The number of hydrogen-bond acceptors (Lipinski definition) is 3. The highest BCUT2D eigenvalue weighted by atomic mass is 32.2. The number of amides is 1. The second-order valence-corrected chi connectivity index (χ2v) is 2.92. The third-order valence-electron chi connectivity index (χ3n) is 1.20. The van der Waals surface area contributed by atoms with Crippen LogP contribution in [0.5, 0.6) is 0 Å². The Hall–Kier alpha value is -0.220. The molecule has 0 radical (unpaired) electrons. The summed E-state index contributed by atoms with van der Waals surface area (Å²) in [5.41, 5.74) is 4.92. The molecule has 0 rings (SSSR count). The predicted octanol–water partition coefficient (Wildman–Crippen LogP) is 1.22. The van der Waals surface area contributed by atoms with E-state index < -0.39 is 0 Å². The Bertz CT molecular complexity index is 104. The quantitative estimate of drug-likeness (QED) is 0.678. The summed E-state index contributed by atoms with van der Waals surface area (Å²) in [6, 6.07) is 0. The number of carbonyl (C=O) groups excluding carboxylic acids is 1. The molecule has 10 heavy (non-hydrogen) atoms. The average molecular weight is 163 g/mol. The highest BCUT2D eigenvalue weighted by molar-refractivity contribution is 8.13. The Labute approximate surface area is 65.3 Å². The minimum Gasteiger partial charge on any atom is -0.381 e. The minimum atomic E-state index is -0.337. The van der Waals surface area contributed by atoms with Crippen LogP contribution in [0, 0.1) is 0 Å². The number of carbonyl (C=O) groups is 1. The summed E-state index contributed by atoms with van der Waals surface area (Å²) in [6.07, 6.45) is 1.06. The summed E-state index contributed by atoms with van der Waals surface area (Å²) in [4.78, 5) is 10.3. The van der Waals surface area contributed by atoms with Crippen LogP contribution in [-0.2, 0) is 4.74 Å². The fourth-order valence-electron chi connectivity index (χ4n) is 0.528. The van der Waals surface area contributed by atoms with Crippen LogP contribution >= 0.6 is 11.8 Å². The van der Waals surface area contributed by atoms with E-state index in [4.69, 9.17) is 10.5 Å². The zero-order valence-electron chi connectivity index (χ0n) is 6.29. The van der Waals surface area contributed by atoms with E-state index in [9.17, 15) is 4.79 Å². The fourth-order valence-corrected chi connectivity index (χ4v) is 1.25. The largest absolute Gasteiger partial charge is 0.381 e. The first-order valence-electron chi connectivity index (χ1n) is 3.15. The molecule has 0 aromatic carbocycles. The van der Waals surface area contributed by atoms with E-state index >= 15 is 0 Å². The summed E-state index contributed by atoms with van der Waals surface area (Å²) >= 11 is 1.10. The SMILES string of the molecule is CCC(CSC(N)=O)OC. The molecule has 0 bridgehead atoms.